The van der Waals surface area contributed by atoms with E-state index >= 15 is 0 Å². The van der Waals surface area contributed by atoms with Gasteiger partial charge in [-0.3, -0.25) is 14.6 Å². The second kappa shape index (κ2) is 6.68. The molecule has 2 rings (SSSR count). The number of aryl methyl sites for hydroxylation is 1. The third-order valence-electron chi connectivity index (χ3n) is 3.32. The average molecular weight is 266 g/mol. The van der Waals surface area contributed by atoms with Gasteiger partial charge in [0.05, 0.1) is 12.2 Å². The van der Waals surface area contributed by atoms with E-state index in [9.17, 15) is 4.79 Å². The summed E-state index contributed by atoms with van der Waals surface area (Å²) in [5.41, 5.74) is 0.934. The minimum Gasteiger partial charge on any atom is -0.360 e. The number of hydrogen-bond donors (Lipinski definition) is 1. The van der Waals surface area contributed by atoms with E-state index in [4.69, 9.17) is 4.52 Å². The summed E-state index contributed by atoms with van der Waals surface area (Å²) in [5.74, 6) is 0.975. The zero-order valence-corrected chi connectivity index (χ0v) is 11.7. The molecule has 1 amide bonds. The van der Waals surface area contributed by atoms with E-state index in [1.807, 2.05) is 13.0 Å². The summed E-state index contributed by atoms with van der Waals surface area (Å²) in [7, 11) is 0. The first kappa shape index (κ1) is 14.0. The molecule has 1 aliphatic heterocycles. The van der Waals surface area contributed by atoms with Crippen molar-refractivity contribution in [3.8, 4) is 0 Å². The van der Waals surface area contributed by atoms with Crippen LogP contribution in [-0.4, -0.2) is 60.1 Å². The van der Waals surface area contributed by atoms with Gasteiger partial charge in [-0.1, -0.05) is 5.16 Å². The predicted molar refractivity (Wildman–Crippen MR) is 71.6 cm³/mol. The lowest BCUT2D eigenvalue weighted by Crippen LogP contribution is -2.47. The maximum atomic E-state index is 10.8. The summed E-state index contributed by atoms with van der Waals surface area (Å²) in [4.78, 5) is 15.5. The van der Waals surface area contributed by atoms with Crippen molar-refractivity contribution in [3.63, 3.8) is 0 Å². The number of piperazine rings is 1. The Hall–Kier alpha value is -1.40. The Morgan fingerprint density at radius 1 is 1.37 bits per heavy atom. The summed E-state index contributed by atoms with van der Waals surface area (Å²) in [6.07, 6.45) is 0. The molecule has 0 aliphatic carbocycles. The van der Waals surface area contributed by atoms with Crippen molar-refractivity contribution in [2.75, 3.05) is 39.3 Å². The first-order valence-corrected chi connectivity index (χ1v) is 6.75. The first-order valence-electron chi connectivity index (χ1n) is 6.75. The first-order chi connectivity index (χ1) is 9.13. The molecule has 1 saturated heterocycles. The molecular formula is C13H22N4O2. The van der Waals surface area contributed by atoms with Crippen LogP contribution in [0.25, 0.3) is 0 Å². The maximum absolute atomic E-state index is 10.8. The van der Waals surface area contributed by atoms with Gasteiger partial charge in [0.15, 0.2) is 5.76 Å². The van der Waals surface area contributed by atoms with Crippen LogP contribution >= 0.6 is 0 Å². The van der Waals surface area contributed by atoms with E-state index in [0.29, 0.717) is 0 Å². The molecule has 0 saturated carbocycles. The Bertz CT molecular complexity index is 411. The highest BCUT2D eigenvalue weighted by Crippen LogP contribution is 2.09. The summed E-state index contributed by atoms with van der Waals surface area (Å²) in [5, 5.41) is 6.73. The van der Waals surface area contributed by atoms with Gasteiger partial charge >= 0.3 is 0 Å². The Kier molecular flexibility index (Phi) is 4.93. The molecule has 0 aromatic carbocycles. The topological polar surface area (TPSA) is 61.6 Å². The third-order valence-corrected chi connectivity index (χ3v) is 3.32. The molecule has 2 heterocycles. The molecule has 0 radical (unpaired) electrons. The molecule has 0 bridgehead atoms. The lowest BCUT2D eigenvalue weighted by atomic mass is 10.3. The summed E-state index contributed by atoms with van der Waals surface area (Å²) < 4.78 is 5.23. The highest BCUT2D eigenvalue weighted by atomic mass is 16.5. The standard InChI is InChI=1S/C13H22N4O2/c1-11-9-13(19-15-11)10-17-7-5-16(6-8-17)4-3-14-12(2)18/h9H,3-8,10H2,1-2H3,(H,14,18). The van der Waals surface area contributed by atoms with Gasteiger partial charge in [0.2, 0.25) is 5.91 Å². The van der Waals surface area contributed by atoms with Crippen LogP contribution in [0, 0.1) is 6.92 Å². The lowest BCUT2D eigenvalue weighted by molar-refractivity contribution is -0.119. The van der Waals surface area contributed by atoms with E-state index < -0.39 is 0 Å². The second-order valence-electron chi connectivity index (χ2n) is 5.04. The number of amides is 1. The minimum atomic E-state index is 0.0410. The van der Waals surface area contributed by atoms with Crippen molar-refractivity contribution < 1.29 is 9.32 Å². The minimum absolute atomic E-state index is 0.0410. The summed E-state index contributed by atoms with van der Waals surface area (Å²) in [6, 6.07) is 1.99. The fourth-order valence-electron chi connectivity index (χ4n) is 2.27. The summed E-state index contributed by atoms with van der Waals surface area (Å²) in [6.45, 7) is 10.1. The van der Waals surface area contributed by atoms with Crippen LogP contribution in [0.1, 0.15) is 18.4 Å². The normalized spacial score (nSPS) is 17.6. The number of carbonyl (C=O) groups excluding carboxylic acids is 1. The summed E-state index contributed by atoms with van der Waals surface area (Å²) >= 11 is 0. The number of aromatic nitrogens is 1. The van der Waals surface area contributed by atoms with Gasteiger partial charge in [0, 0.05) is 52.3 Å². The molecular weight excluding hydrogens is 244 g/mol. The number of rotatable bonds is 5. The van der Waals surface area contributed by atoms with Crippen LogP contribution in [0.2, 0.25) is 0 Å². The quantitative estimate of drug-likeness (QED) is 0.827. The van der Waals surface area contributed by atoms with Gasteiger partial charge in [0.25, 0.3) is 0 Å². The molecule has 1 aromatic heterocycles. The molecule has 0 atom stereocenters. The zero-order valence-electron chi connectivity index (χ0n) is 11.7. The fourth-order valence-corrected chi connectivity index (χ4v) is 2.27. The van der Waals surface area contributed by atoms with Crippen LogP contribution in [0.4, 0.5) is 0 Å². The molecule has 1 aliphatic rings. The third kappa shape index (κ3) is 4.65. The SMILES string of the molecule is CC(=O)NCCN1CCN(Cc2cc(C)no2)CC1. The van der Waals surface area contributed by atoms with Crippen LogP contribution in [0.5, 0.6) is 0 Å². The molecule has 6 nitrogen and oxygen atoms in total. The molecule has 6 heteroatoms. The van der Waals surface area contributed by atoms with Crippen LogP contribution in [-0.2, 0) is 11.3 Å². The van der Waals surface area contributed by atoms with Gasteiger partial charge in [-0.15, -0.1) is 0 Å². The monoisotopic (exact) mass is 266 g/mol. The lowest BCUT2D eigenvalue weighted by Gasteiger charge is -2.34. The molecule has 1 aromatic rings. The molecule has 1 fully saturated rings. The van der Waals surface area contributed by atoms with E-state index in [-0.39, 0.29) is 5.91 Å². The maximum Gasteiger partial charge on any atom is 0.216 e. The molecule has 19 heavy (non-hydrogen) atoms. The Labute approximate surface area is 113 Å². The smallest absolute Gasteiger partial charge is 0.216 e. The van der Waals surface area contributed by atoms with E-state index in [1.54, 1.807) is 6.92 Å². The second-order valence-corrected chi connectivity index (χ2v) is 5.04. The number of nitrogens with one attached hydrogen (secondary N) is 1. The van der Waals surface area contributed by atoms with Gasteiger partial charge in [-0.2, -0.15) is 0 Å². The van der Waals surface area contributed by atoms with Crippen LogP contribution < -0.4 is 5.32 Å². The van der Waals surface area contributed by atoms with Gasteiger partial charge < -0.3 is 9.84 Å². The van der Waals surface area contributed by atoms with Gasteiger partial charge in [0.1, 0.15) is 0 Å². The van der Waals surface area contributed by atoms with Crippen molar-refractivity contribution >= 4 is 5.91 Å². The fraction of sp³-hybridized carbons (Fsp3) is 0.692. The molecule has 1 N–H and O–H groups in total. The van der Waals surface area contributed by atoms with Gasteiger partial charge in [-0.25, -0.2) is 0 Å². The average Bonchev–Trinajstić information content (AvgIpc) is 2.77. The van der Waals surface area contributed by atoms with E-state index in [0.717, 1.165) is 57.3 Å². The highest BCUT2D eigenvalue weighted by molar-refractivity contribution is 5.72. The number of carbonyl (C=O) groups is 1. The number of hydrogen-bond acceptors (Lipinski definition) is 5. The van der Waals surface area contributed by atoms with Crippen LogP contribution in [0.15, 0.2) is 10.6 Å². The molecule has 106 valence electrons. The molecule has 0 unspecified atom stereocenters. The van der Waals surface area contributed by atoms with Crippen molar-refractivity contribution in [2.24, 2.45) is 0 Å². The van der Waals surface area contributed by atoms with Gasteiger partial charge in [-0.05, 0) is 6.92 Å². The van der Waals surface area contributed by atoms with E-state index in [2.05, 4.69) is 20.3 Å². The Morgan fingerprint density at radius 2 is 2.05 bits per heavy atom. The van der Waals surface area contributed by atoms with E-state index in [1.165, 1.54) is 0 Å². The van der Waals surface area contributed by atoms with Crippen molar-refractivity contribution in [1.29, 1.82) is 0 Å². The number of nitrogens with zero attached hydrogens (tertiary/aromatic N) is 3. The van der Waals surface area contributed by atoms with Crippen molar-refractivity contribution in [3.05, 3.63) is 17.5 Å². The Morgan fingerprint density at radius 3 is 2.63 bits per heavy atom. The highest BCUT2D eigenvalue weighted by Gasteiger charge is 2.17. The Balaban J connectivity index is 1.66. The van der Waals surface area contributed by atoms with Crippen LogP contribution in [0.3, 0.4) is 0 Å². The largest absolute Gasteiger partial charge is 0.360 e. The zero-order chi connectivity index (χ0) is 13.7. The van der Waals surface area contributed by atoms with Crippen molar-refractivity contribution in [2.45, 2.75) is 20.4 Å². The predicted octanol–water partition coefficient (Wildman–Crippen LogP) is 0.237. The van der Waals surface area contributed by atoms with Crippen molar-refractivity contribution in [1.82, 2.24) is 20.3 Å². The molecule has 0 spiro atoms.